The number of hydrogen-bond acceptors (Lipinski definition) is 2. The lowest BCUT2D eigenvalue weighted by Gasteiger charge is -2.14. The van der Waals surface area contributed by atoms with E-state index in [2.05, 4.69) is 82.8 Å². The van der Waals surface area contributed by atoms with Crippen LogP contribution in [0.1, 0.15) is 61.8 Å². The summed E-state index contributed by atoms with van der Waals surface area (Å²) < 4.78 is 8.76. The number of nitrogens with zero attached hydrogens (tertiary/aromatic N) is 2. The Hall–Kier alpha value is -3.12. The lowest BCUT2D eigenvalue weighted by molar-refractivity contribution is -0.660. The maximum Gasteiger partial charge on any atom is 0.216 e. The van der Waals surface area contributed by atoms with Gasteiger partial charge in [0.25, 0.3) is 0 Å². The molecule has 0 spiro atoms. The monoisotopic (exact) mass is 383 g/mol. The maximum absolute atomic E-state index is 9.87. The molecule has 0 amide bonds. The van der Waals surface area contributed by atoms with Crippen LogP contribution < -0.4 is 4.57 Å². The van der Waals surface area contributed by atoms with Crippen LogP contribution in [-0.4, -0.2) is 0 Å². The summed E-state index contributed by atoms with van der Waals surface area (Å²) in [5.74, 6) is 0.496. The molecule has 146 valence electrons. The van der Waals surface area contributed by atoms with Crippen molar-refractivity contribution >= 4 is 21.9 Å². The summed E-state index contributed by atoms with van der Waals surface area (Å²) in [5.41, 5.74) is 8.17. The number of fused-ring (bicyclic) bond motifs is 3. The van der Waals surface area contributed by atoms with E-state index in [1.165, 1.54) is 5.56 Å². The topological polar surface area (TPSA) is 40.8 Å². The summed E-state index contributed by atoms with van der Waals surface area (Å²) in [4.78, 5) is 0. The lowest BCUT2D eigenvalue weighted by atomic mass is 9.87. The van der Waals surface area contributed by atoms with Crippen molar-refractivity contribution in [2.24, 2.45) is 7.05 Å². The highest BCUT2D eigenvalue weighted by molar-refractivity contribution is 6.12. The molecule has 0 saturated heterocycles. The summed E-state index contributed by atoms with van der Waals surface area (Å²) in [7, 11) is 2.06. The quantitative estimate of drug-likeness (QED) is 0.379. The van der Waals surface area contributed by atoms with Crippen molar-refractivity contribution in [3.8, 4) is 17.3 Å². The molecule has 4 aromatic rings. The predicted octanol–water partition coefficient (Wildman–Crippen LogP) is 6.50. The van der Waals surface area contributed by atoms with Crippen molar-refractivity contribution < 1.29 is 8.98 Å². The molecule has 3 heteroatoms. The maximum atomic E-state index is 9.87. The Balaban J connectivity index is 2.25. The minimum atomic E-state index is 0.228. The molecule has 2 heterocycles. The number of rotatable bonds is 3. The van der Waals surface area contributed by atoms with Gasteiger partial charge in [-0.1, -0.05) is 39.8 Å². The lowest BCUT2D eigenvalue weighted by Crippen LogP contribution is -2.30. The minimum absolute atomic E-state index is 0.228. The third kappa shape index (κ3) is 2.91. The molecule has 0 aliphatic rings. The van der Waals surface area contributed by atoms with Crippen LogP contribution in [0.5, 0.6) is 0 Å². The van der Waals surface area contributed by atoms with Crippen molar-refractivity contribution in [2.75, 3.05) is 0 Å². The van der Waals surface area contributed by atoms with Gasteiger partial charge in [0, 0.05) is 22.9 Å². The van der Waals surface area contributed by atoms with Crippen LogP contribution in [0, 0.1) is 18.3 Å². The summed E-state index contributed by atoms with van der Waals surface area (Å²) in [6.07, 6.45) is 2.06. The third-order valence-corrected chi connectivity index (χ3v) is 5.82. The number of nitriles is 1. The summed E-state index contributed by atoms with van der Waals surface area (Å²) in [6, 6.07) is 15.0. The van der Waals surface area contributed by atoms with Crippen molar-refractivity contribution in [1.82, 2.24) is 0 Å². The highest BCUT2D eigenvalue weighted by Gasteiger charge is 2.25. The average molecular weight is 384 g/mol. The molecule has 0 unspecified atom stereocenters. The fraction of sp³-hybridized carbons (Fsp3) is 0.308. The van der Waals surface area contributed by atoms with Gasteiger partial charge in [0.2, 0.25) is 5.69 Å². The molecule has 29 heavy (non-hydrogen) atoms. The average Bonchev–Trinajstić information content (AvgIpc) is 3.06. The molecule has 0 fully saturated rings. The van der Waals surface area contributed by atoms with E-state index in [9.17, 15) is 5.26 Å². The van der Waals surface area contributed by atoms with E-state index in [0.717, 1.165) is 49.9 Å². The van der Waals surface area contributed by atoms with Crippen LogP contribution in [0.2, 0.25) is 0 Å². The highest BCUT2D eigenvalue weighted by atomic mass is 16.3. The number of aryl methyl sites for hydroxylation is 2. The number of aromatic nitrogens is 1. The van der Waals surface area contributed by atoms with E-state index in [1.807, 2.05) is 12.1 Å². The van der Waals surface area contributed by atoms with Crippen LogP contribution in [0.15, 0.2) is 47.0 Å². The van der Waals surface area contributed by atoms with E-state index in [4.69, 9.17) is 4.42 Å². The molecule has 3 nitrogen and oxygen atoms in total. The molecule has 0 aliphatic carbocycles. The molecule has 0 bridgehead atoms. The molecule has 0 aliphatic heterocycles. The van der Waals surface area contributed by atoms with E-state index >= 15 is 0 Å². The smallest absolute Gasteiger partial charge is 0.216 e. The second-order valence-corrected chi connectivity index (χ2v) is 8.49. The summed E-state index contributed by atoms with van der Waals surface area (Å²) in [5, 5.41) is 12.1. The summed E-state index contributed by atoms with van der Waals surface area (Å²) >= 11 is 0. The standard InChI is InChI=1S/C26H27N2O/c1-15(2)20-13-18(14-27)22(16(3)4)24-19-11-10-17(5)23(25(19)29-26(20)24)21-9-7-8-12-28(21)6/h7-13,15-16H,1-6H3/q+1. The largest absolute Gasteiger partial charge is 0.455 e. The SMILES string of the molecule is Cc1ccc2c(oc3c(C(C)C)cc(C#N)c(C(C)C)c32)c1-c1cccc[n+]1C. The van der Waals surface area contributed by atoms with Crippen LogP contribution in [0.3, 0.4) is 0 Å². The van der Waals surface area contributed by atoms with Crippen molar-refractivity contribution in [1.29, 1.82) is 5.26 Å². The molecule has 4 rings (SSSR count). The molecular formula is C26H27N2O+. The predicted molar refractivity (Wildman–Crippen MR) is 118 cm³/mol. The Morgan fingerprint density at radius 1 is 1.00 bits per heavy atom. The van der Waals surface area contributed by atoms with Gasteiger partial charge < -0.3 is 4.42 Å². The third-order valence-electron chi connectivity index (χ3n) is 5.82. The van der Waals surface area contributed by atoms with Gasteiger partial charge in [0.05, 0.1) is 17.2 Å². The first-order valence-corrected chi connectivity index (χ1v) is 10.2. The Labute approximate surface area is 172 Å². The normalized spacial score (nSPS) is 11.7. The zero-order chi connectivity index (χ0) is 20.9. The van der Waals surface area contributed by atoms with Gasteiger partial charge in [0.15, 0.2) is 6.20 Å². The van der Waals surface area contributed by atoms with Gasteiger partial charge in [-0.15, -0.1) is 0 Å². The van der Waals surface area contributed by atoms with Crippen LogP contribution in [0.25, 0.3) is 33.2 Å². The molecule has 2 aromatic heterocycles. The molecular weight excluding hydrogens is 356 g/mol. The fourth-order valence-corrected chi connectivity index (χ4v) is 4.39. The van der Waals surface area contributed by atoms with Gasteiger partial charge in [0.1, 0.15) is 18.2 Å². The van der Waals surface area contributed by atoms with Gasteiger partial charge in [-0.25, -0.2) is 4.57 Å². The number of pyridine rings is 1. The molecule has 2 aromatic carbocycles. The first-order valence-electron chi connectivity index (χ1n) is 10.2. The van der Waals surface area contributed by atoms with Crippen molar-refractivity contribution in [2.45, 2.75) is 46.5 Å². The van der Waals surface area contributed by atoms with E-state index in [-0.39, 0.29) is 11.8 Å². The van der Waals surface area contributed by atoms with E-state index in [1.54, 1.807) is 0 Å². The molecule has 0 N–H and O–H groups in total. The first-order chi connectivity index (χ1) is 13.8. The number of benzene rings is 2. The van der Waals surface area contributed by atoms with Crippen molar-refractivity contribution in [3.63, 3.8) is 0 Å². The number of furan rings is 1. The Bertz CT molecular complexity index is 1290. The fourth-order valence-electron chi connectivity index (χ4n) is 4.39. The zero-order valence-corrected chi connectivity index (χ0v) is 18.0. The zero-order valence-electron chi connectivity index (χ0n) is 18.0. The second-order valence-electron chi connectivity index (χ2n) is 8.49. The number of hydrogen-bond donors (Lipinski definition) is 0. The van der Waals surface area contributed by atoms with Gasteiger partial charge >= 0.3 is 0 Å². The first kappa shape index (κ1) is 19.2. The van der Waals surface area contributed by atoms with Crippen molar-refractivity contribution in [3.05, 3.63) is 64.8 Å². The highest BCUT2D eigenvalue weighted by Crippen LogP contribution is 2.43. The van der Waals surface area contributed by atoms with Crippen LogP contribution in [-0.2, 0) is 7.05 Å². The van der Waals surface area contributed by atoms with E-state index in [0.29, 0.717) is 0 Å². The Morgan fingerprint density at radius 3 is 2.38 bits per heavy atom. The molecule has 0 radical (unpaired) electrons. The Morgan fingerprint density at radius 2 is 1.76 bits per heavy atom. The van der Waals surface area contributed by atoms with Gasteiger partial charge in [-0.3, -0.25) is 0 Å². The Kier molecular flexibility index (Phi) is 4.67. The molecule has 0 saturated carbocycles. The van der Waals surface area contributed by atoms with Crippen LogP contribution >= 0.6 is 0 Å². The summed E-state index contributed by atoms with van der Waals surface area (Å²) in [6.45, 7) is 10.7. The molecule has 0 atom stereocenters. The van der Waals surface area contributed by atoms with Crippen LogP contribution in [0.4, 0.5) is 0 Å². The van der Waals surface area contributed by atoms with E-state index < -0.39 is 0 Å². The minimum Gasteiger partial charge on any atom is -0.455 e. The van der Waals surface area contributed by atoms with Gasteiger partial charge in [-0.2, -0.15) is 5.26 Å². The van der Waals surface area contributed by atoms with Gasteiger partial charge in [-0.05, 0) is 47.6 Å². The second kappa shape index (κ2) is 7.04.